The van der Waals surface area contributed by atoms with Crippen LogP contribution in [0.2, 0.25) is 0 Å². The van der Waals surface area contributed by atoms with Crippen LogP contribution in [-0.2, 0) is 9.53 Å². The summed E-state index contributed by atoms with van der Waals surface area (Å²) in [7, 11) is 0. The Balaban J connectivity index is 2.73. The number of carbonyl (C=O) groups is 1. The number of aliphatic carboxylic acids is 1. The molecule has 0 aromatic rings. The van der Waals surface area contributed by atoms with Gasteiger partial charge in [0.15, 0.2) is 0 Å². The van der Waals surface area contributed by atoms with Gasteiger partial charge in [0.25, 0.3) is 0 Å². The lowest BCUT2D eigenvalue weighted by molar-refractivity contribution is -0.184. The second-order valence-corrected chi connectivity index (χ2v) is 4.15. The Morgan fingerprint density at radius 2 is 2.23 bits per heavy atom. The first-order valence-corrected chi connectivity index (χ1v) is 4.50. The molecule has 0 spiro atoms. The average molecular weight is 187 g/mol. The van der Waals surface area contributed by atoms with Gasteiger partial charge in [-0.2, -0.15) is 0 Å². The largest absolute Gasteiger partial charge is 0.480 e. The number of carboxylic acids is 1. The molecule has 0 amide bonds. The highest BCUT2D eigenvalue weighted by molar-refractivity contribution is 5.81. The van der Waals surface area contributed by atoms with E-state index in [0.717, 1.165) is 0 Å². The molecule has 0 radical (unpaired) electrons. The van der Waals surface area contributed by atoms with Gasteiger partial charge < -0.3 is 15.6 Å². The second-order valence-electron chi connectivity index (χ2n) is 4.15. The minimum Gasteiger partial charge on any atom is -0.480 e. The lowest BCUT2D eigenvalue weighted by Crippen LogP contribution is -2.73. The third-order valence-electron chi connectivity index (χ3n) is 3.21. The first-order chi connectivity index (χ1) is 5.86. The summed E-state index contributed by atoms with van der Waals surface area (Å²) in [5, 5.41) is 8.93. The number of hydrogen-bond acceptors (Lipinski definition) is 3. The summed E-state index contributed by atoms with van der Waals surface area (Å²) in [4.78, 5) is 10.9. The molecule has 1 saturated carbocycles. The van der Waals surface area contributed by atoms with Gasteiger partial charge in [0.05, 0.1) is 6.10 Å². The highest BCUT2D eigenvalue weighted by Crippen LogP contribution is 2.49. The van der Waals surface area contributed by atoms with Crippen LogP contribution in [0.4, 0.5) is 0 Å². The van der Waals surface area contributed by atoms with Crippen LogP contribution in [0.1, 0.15) is 27.2 Å². The molecular weight excluding hydrogens is 170 g/mol. The summed E-state index contributed by atoms with van der Waals surface area (Å²) >= 11 is 0. The van der Waals surface area contributed by atoms with Gasteiger partial charge in [-0.25, -0.2) is 0 Å². The van der Waals surface area contributed by atoms with Crippen molar-refractivity contribution in [2.45, 2.75) is 38.8 Å². The zero-order valence-electron chi connectivity index (χ0n) is 8.33. The van der Waals surface area contributed by atoms with E-state index in [2.05, 4.69) is 0 Å². The molecule has 1 rings (SSSR count). The molecule has 4 nitrogen and oxygen atoms in total. The Morgan fingerprint density at radius 3 is 2.54 bits per heavy atom. The lowest BCUT2D eigenvalue weighted by Gasteiger charge is -2.56. The Labute approximate surface area is 78.1 Å². The quantitative estimate of drug-likeness (QED) is 0.678. The predicted molar refractivity (Wildman–Crippen MR) is 48.4 cm³/mol. The van der Waals surface area contributed by atoms with E-state index < -0.39 is 16.9 Å². The molecule has 0 aliphatic heterocycles. The van der Waals surface area contributed by atoms with E-state index in [-0.39, 0.29) is 6.10 Å². The third-order valence-corrected chi connectivity index (χ3v) is 3.21. The van der Waals surface area contributed by atoms with Gasteiger partial charge in [0.2, 0.25) is 0 Å². The minimum absolute atomic E-state index is 0.0291. The number of ether oxygens (including phenoxy) is 1. The molecule has 2 atom stereocenters. The van der Waals surface area contributed by atoms with Gasteiger partial charge in [-0.05, 0) is 6.92 Å². The summed E-state index contributed by atoms with van der Waals surface area (Å²) in [6.45, 7) is 6.17. The topological polar surface area (TPSA) is 72.5 Å². The second kappa shape index (κ2) is 2.96. The van der Waals surface area contributed by atoms with Gasteiger partial charge >= 0.3 is 5.97 Å². The number of rotatable bonds is 3. The Morgan fingerprint density at radius 1 is 1.69 bits per heavy atom. The van der Waals surface area contributed by atoms with Crippen molar-refractivity contribution in [1.82, 2.24) is 0 Å². The SMILES string of the molecule is CCO[C@H]1C[C@@](N)(C(=O)O)C1(C)C. The van der Waals surface area contributed by atoms with Crippen LogP contribution in [0, 0.1) is 5.41 Å². The van der Waals surface area contributed by atoms with E-state index in [0.29, 0.717) is 13.0 Å². The molecule has 0 bridgehead atoms. The Kier molecular flexibility index (Phi) is 2.38. The van der Waals surface area contributed by atoms with Crippen molar-refractivity contribution in [2.24, 2.45) is 11.1 Å². The Hall–Kier alpha value is -0.610. The number of carboxylic acid groups (broad SMARTS) is 1. The van der Waals surface area contributed by atoms with Crippen molar-refractivity contribution in [2.75, 3.05) is 6.61 Å². The molecule has 4 heteroatoms. The molecule has 1 aliphatic rings. The van der Waals surface area contributed by atoms with E-state index in [1.165, 1.54) is 0 Å². The fraction of sp³-hybridized carbons (Fsp3) is 0.889. The van der Waals surface area contributed by atoms with E-state index in [4.69, 9.17) is 15.6 Å². The average Bonchev–Trinajstić information content (AvgIpc) is 2.03. The van der Waals surface area contributed by atoms with Crippen LogP contribution in [-0.4, -0.2) is 29.3 Å². The number of hydrogen-bond donors (Lipinski definition) is 2. The molecule has 0 unspecified atom stereocenters. The maximum absolute atomic E-state index is 10.9. The zero-order valence-corrected chi connectivity index (χ0v) is 8.33. The fourth-order valence-corrected chi connectivity index (χ4v) is 1.80. The van der Waals surface area contributed by atoms with Crippen LogP contribution in [0.25, 0.3) is 0 Å². The van der Waals surface area contributed by atoms with Crippen LogP contribution < -0.4 is 5.73 Å². The van der Waals surface area contributed by atoms with E-state index in [1.54, 1.807) is 0 Å². The molecular formula is C9H17NO3. The third kappa shape index (κ3) is 1.25. The molecule has 13 heavy (non-hydrogen) atoms. The van der Waals surface area contributed by atoms with Crippen LogP contribution >= 0.6 is 0 Å². The van der Waals surface area contributed by atoms with Crippen LogP contribution in [0.3, 0.4) is 0 Å². The standard InChI is InChI=1S/C9H17NO3/c1-4-13-6-5-9(10,7(11)12)8(6,2)3/h6H,4-5,10H2,1-3H3,(H,11,12)/t6-,9+/m0/s1. The monoisotopic (exact) mass is 187 g/mol. The van der Waals surface area contributed by atoms with Crippen molar-refractivity contribution >= 4 is 5.97 Å². The smallest absolute Gasteiger partial charge is 0.324 e. The molecule has 0 aromatic carbocycles. The van der Waals surface area contributed by atoms with Gasteiger partial charge in [-0.15, -0.1) is 0 Å². The molecule has 0 saturated heterocycles. The van der Waals surface area contributed by atoms with Crippen LogP contribution in [0.15, 0.2) is 0 Å². The van der Waals surface area contributed by atoms with E-state index >= 15 is 0 Å². The molecule has 1 aliphatic carbocycles. The molecule has 0 aromatic heterocycles. The first-order valence-electron chi connectivity index (χ1n) is 4.50. The van der Waals surface area contributed by atoms with E-state index in [1.807, 2.05) is 20.8 Å². The normalized spacial score (nSPS) is 36.8. The first kappa shape index (κ1) is 10.5. The summed E-state index contributed by atoms with van der Waals surface area (Å²) in [6, 6.07) is 0. The van der Waals surface area contributed by atoms with Gasteiger partial charge in [0.1, 0.15) is 5.54 Å². The summed E-state index contributed by atoms with van der Waals surface area (Å²) in [5.74, 6) is -0.937. The molecule has 0 heterocycles. The van der Waals surface area contributed by atoms with Crippen molar-refractivity contribution in [3.05, 3.63) is 0 Å². The fourth-order valence-electron chi connectivity index (χ4n) is 1.80. The summed E-state index contributed by atoms with van der Waals surface area (Å²) in [5.41, 5.74) is 4.17. The minimum atomic E-state index is -1.12. The maximum atomic E-state index is 10.9. The predicted octanol–water partition coefficient (Wildman–Crippen LogP) is 0.603. The highest BCUT2D eigenvalue weighted by atomic mass is 16.5. The lowest BCUT2D eigenvalue weighted by atomic mass is 9.54. The van der Waals surface area contributed by atoms with Gasteiger partial charge in [-0.1, -0.05) is 13.8 Å². The maximum Gasteiger partial charge on any atom is 0.324 e. The summed E-state index contributed by atoms with van der Waals surface area (Å²) in [6.07, 6.45) is 0.377. The zero-order chi connectivity index (χ0) is 10.3. The highest BCUT2D eigenvalue weighted by Gasteiger charge is 2.63. The Bertz CT molecular complexity index is 227. The van der Waals surface area contributed by atoms with Crippen molar-refractivity contribution in [1.29, 1.82) is 0 Å². The molecule has 76 valence electrons. The van der Waals surface area contributed by atoms with Crippen molar-refractivity contribution < 1.29 is 14.6 Å². The van der Waals surface area contributed by atoms with Crippen molar-refractivity contribution in [3.63, 3.8) is 0 Å². The van der Waals surface area contributed by atoms with Crippen molar-refractivity contribution in [3.8, 4) is 0 Å². The van der Waals surface area contributed by atoms with Crippen LogP contribution in [0.5, 0.6) is 0 Å². The van der Waals surface area contributed by atoms with Gasteiger partial charge in [0, 0.05) is 18.4 Å². The summed E-state index contributed by atoms with van der Waals surface area (Å²) < 4.78 is 5.40. The van der Waals surface area contributed by atoms with Gasteiger partial charge in [-0.3, -0.25) is 4.79 Å². The molecule has 1 fully saturated rings. The molecule has 3 N–H and O–H groups in total. The van der Waals surface area contributed by atoms with E-state index in [9.17, 15) is 4.79 Å². The number of nitrogens with two attached hydrogens (primary N) is 1.